The standard InChI is InChI=1S/C21H29N3O3S/c1-5-8-9-17(25)22-15-12-10-14(11-13-15)19-18(20(26)27-4)16(6-2)24(7-3)21(28)23-19/h10-13,19H,5-9H2,1-4H3,(H,22,25)(H,23,28)/t19-/m0/s1. The summed E-state index contributed by atoms with van der Waals surface area (Å²) in [5.41, 5.74) is 3.06. The number of nitrogens with one attached hydrogen (secondary N) is 2. The molecule has 1 atom stereocenters. The molecule has 0 unspecified atom stereocenters. The average Bonchev–Trinajstić information content (AvgIpc) is 2.71. The third-order valence-electron chi connectivity index (χ3n) is 4.78. The number of nitrogens with zero attached hydrogens (tertiary/aromatic N) is 1. The summed E-state index contributed by atoms with van der Waals surface area (Å²) in [5, 5.41) is 6.75. The van der Waals surface area contributed by atoms with Gasteiger partial charge < -0.3 is 20.3 Å². The minimum atomic E-state index is -0.387. The highest BCUT2D eigenvalue weighted by molar-refractivity contribution is 7.80. The lowest BCUT2D eigenvalue weighted by Crippen LogP contribution is -2.48. The number of amides is 1. The van der Waals surface area contributed by atoms with Gasteiger partial charge in [0.2, 0.25) is 5.91 Å². The zero-order valence-corrected chi connectivity index (χ0v) is 17.8. The lowest BCUT2D eigenvalue weighted by molar-refractivity contribution is -0.136. The summed E-state index contributed by atoms with van der Waals surface area (Å²) in [6, 6.07) is 7.09. The van der Waals surface area contributed by atoms with Crippen LogP contribution in [-0.4, -0.2) is 35.5 Å². The van der Waals surface area contributed by atoms with Crippen LogP contribution in [0.2, 0.25) is 0 Å². The maximum atomic E-state index is 12.6. The van der Waals surface area contributed by atoms with E-state index >= 15 is 0 Å². The lowest BCUT2D eigenvalue weighted by Gasteiger charge is -2.38. The molecule has 1 heterocycles. The fourth-order valence-electron chi connectivity index (χ4n) is 3.34. The van der Waals surface area contributed by atoms with Crippen LogP contribution in [0.1, 0.15) is 58.1 Å². The minimum Gasteiger partial charge on any atom is -0.466 e. The quantitative estimate of drug-likeness (QED) is 0.507. The molecule has 1 aliphatic heterocycles. The molecule has 1 amide bonds. The number of methoxy groups -OCH3 is 1. The van der Waals surface area contributed by atoms with Crippen LogP contribution in [0, 0.1) is 0 Å². The SMILES string of the molecule is CCCCC(=O)Nc1ccc([C@@H]2NC(=S)N(CC)C(CC)=C2C(=O)OC)cc1. The van der Waals surface area contributed by atoms with Gasteiger partial charge in [0.1, 0.15) is 0 Å². The second-order valence-corrected chi connectivity index (χ2v) is 6.99. The molecule has 2 rings (SSSR count). The van der Waals surface area contributed by atoms with E-state index in [0.717, 1.165) is 29.8 Å². The smallest absolute Gasteiger partial charge is 0.337 e. The van der Waals surface area contributed by atoms with Crippen molar-refractivity contribution in [3.8, 4) is 0 Å². The van der Waals surface area contributed by atoms with E-state index in [4.69, 9.17) is 17.0 Å². The Kier molecular flexibility index (Phi) is 7.99. The van der Waals surface area contributed by atoms with Crippen LogP contribution in [0.3, 0.4) is 0 Å². The van der Waals surface area contributed by atoms with Crippen molar-refractivity contribution in [1.29, 1.82) is 0 Å². The Morgan fingerprint density at radius 1 is 1.21 bits per heavy atom. The van der Waals surface area contributed by atoms with Gasteiger partial charge in [-0.3, -0.25) is 4.79 Å². The van der Waals surface area contributed by atoms with Crippen LogP contribution in [0.4, 0.5) is 5.69 Å². The molecule has 1 aliphatic rings. The van der Waals surface area contributed by atoms with Gasteiger partial charge in [-0.15, -0.1) is 0 Å². The Bertz CT molecular complexity index is 759. The Morgan fingerprint density at radius 3 is 2.43 bits per heavy atom. The van der Waals surface area contributed by atoms with Crippen LogP contribution in [0.25, 0.3) is 0 Å². The van der Waals surface area contributed by atoms with Gasteiger partial charge in [0, 0.05) is 24.4 Å². The second-order valence-electron chi connectivity index (χ2n) is 6.61. The van der Waals surface area contributed by atoms with Crippen LogP contribution < -0.4 is 10.6 Å². The molecule has 0 fully saturated rings. The Morgan fingerprint density at radius 2 is 1.89 bits per heavy atom. The number of esters is 1. The van der Waals surface area contributed by atoms with Gasteiger partial charge in [-0.05, 0) is 49.7 Å². The van der Waals surface area contributed by atoms with Gasteiger partial charge in [-0.2, -0.15) is 0 Å². The number of hydrogen-bond donors (Lipinski definition) is 2. The number of carbonyl (C=O) groups excluding carboxylic acids is 2. The fraction of sp³-hybridized carbons (Fsp3) is 0.476. The van der Waals surface area contributed by atoms with E-state index in [1.165, 1.54) is 7.11 Å². The first kappa shape index (κ1) is 21.9. The zero-order chi connectivity index (χ0) is 20.7. The molecule has 0 aromatic heterocycles. The monoisotopic (exact) mass is 403 g/mol. The molecular formula is C21H29N3O3S. The predicted molar refractivity (Wildman–Crippen MR) is 115 cm³/mol. The van der Waals surface area contributed by atoms with Crippen molar-refractivity contribution in [3.63, 3.8) is 0 Å². The Balaban J connectivity index is 2.32. The highest BCUT2D eigenvalue weighted by atomic mass is 32.1. The number of carbonyl (C=O) groups is 2. The minimum absolute atomic E-state index is 0.00794. The van der Waals surface area contributed by atoms with Crippen LogP contribution >= 0.6 is 12.2 Å². The average molecular weight is 404 g/mol. The molecule has 0 spiro atoms. The largest absolute Gasteiger partial charge is 0.466 e. The van der Waals surface area contributed by atoms with E-state index < -0.39 is 0 Å². The number of unbranched alkanes of at least 4 members (excludes halogenated alkanes) is 1. The summed E-state index contributed by atoms with van der Waals surface area (Å²) in [6.07, 6.45) is 3.03. The number of anilines is 1. The van der Waals surface area contributed by atoms with Crippen molar-refractivity contribution in [2.24, 2.45) is 0 Å². The predicted octanol–water partition coefficient (Wildman–Crippen LogP) is 3.90. The van der Waals surface area contributed by atoms with Gasteiger partial charge in [-0.1, -0.05) is 32.4 Å². The van der Waals surface area contributed by atoms with Gasteiger partial charge >= 0.3 is 5.97 Å². The van der Waals surface area contributed by atoms with Crippen molar-refractivity contribution >= 4 is 34.9 Å². The molecule has 0 aliphatic carbocycles. The molecule has 0 radical (unpaired) electrons. The highest BCUT2D eigenvalue weighted by Crippen LogP contribution is 2.33. The maximum Gasteiger partial charge on any atom is 0.337 e. The fourth-order valence-corrected chi connectivity index (χ4v) is 3.70. The normalized spacial score (nSPS) is 16.6. The lowest BCUT2D eigenvalue weighted by atomic mass is 9.93. The first-order valence-corrected chi connectivity index (χ1v) is 10.2. The van der Waals surface area contributed by atoms with Crippen molar-refractivity contribution in [1.82, 2.24) is 10.2 Å². The molecule has 0 saturated carbocycles. The maximum absolute atomic E-state index is 12.6. The topological polar surface area (TPSA) is 70.7 Å². The van der Waals surface area contributed by atoms with E-state index in [1.807, 2.05) is 43.0 Å². The third-order valence-corrected chi connectivity index (χ3v) is 5.12. The van der Waals surface area contributed by atoms with E-state index in [9.17, 15) is 9.59 Å². The molecule has 1 aromatic carbocycles. The molecule has 2 N–H and O–H groups in total. The summed E-state index contributed by atoms with van der Waals surface area (Å²) < 4.78 is 5.05. The van der Waals surface area contributed by atoms with E-state index in [-0.39, 0.29) is 17.9 Å². The number of thiocarbonyl (C=S) groups is 1. The molecule has 152 valence electrons. The van der Waals surface area contributed by atoms with Gasteiger partial charge in [0.05, 0.1) is 18.7 Å². The van der Waals surface area contributed by atoms with Crippen LogP contribution in [0.15, 0.2) is 35.5 Å². The first-order chi connectivity index (χ1) is 13.5. The number of hydrogen-bond acceptors (Lipinski definition) is 4. The third kappa shape index (κ3) is 4.90. The van der Waals surface area contributed by atoms with Crippen molar-refractivity contribution in [3.05, 3.63) is 41.1 Å². The second kappa shape index (κ2) is 10.2. The summed E-state index contributed by atoms with van der Waals surface area (Å²) in [6.45, 7) is 6.72. The highest BCUT2D eigenvalue weighted by Gasteiger charge is 2.34. The Labute approximate surface area is 172 Å². The van der Waals surface area contributed by atoms with Gasteiger partial charge in [-0.25, -0.2) is 4.79 Å². The van der Waals surface area contributed by atoms with Gasteiger partial charge in [0.15, 0.2) is 5.11 Å². The first-order valence-electron chi connectivity index (χ1n) is 9.75. The van der Waals surface area contributed by atoms with E-state index in [0.29, 0.717) is 30.1 Å². The number of ether oxygens (including phenoxy) is 1. The van der Waals surface area contributed by atoms with E-state index in [1.54, 1.807) is 0 Å². The molecular weight excluding hydrogens is 374 g/mol. The van der Waals surface area contributed by atoms with Crippen molar-refractivity contribution in [2.75, 3.05) is 19.0 Å². The summed E-state index contributed by atoms with van der Waals surface area (Å²) in [5.74, 6) is -0.360. The molecule has 0 bridgehead atoms. The number of allylic oxidation sites excluding steroid dienone is 1. The summed E-state index contributed by atoms with van der Waals surface area (Å²) in [7, 11) is 1.39. The van der Waals surface area contributed by atoms with E-state index in [2.05, 4.69) is 17.6 Å². The number of benzene rings is 1. The Hall–Kier alpha value is -2.41. The van der Waals surface area contributed by atoms with Crippen molar-refractivity contribution in [2.45, 2.75) is 52.5 Å². The summed E-state index contributed by atoms with van der Waals surface area (Å²) >= 11 is 5.52. The number of rotatable bonds is 8. The van der Waals surface area contributed by atoms with Crippen LogP contribution in [-0.2, 0) is 14.3 Å². The summed E-state index contributed by atoms with van der Waals surface area (Å²) in [4.78, 5) is 26.4. The molecule has 1 aromatic rings. The molecule has 0 saturated heterocycles. The van der Waals surface area contributed by atoms with Crippen molar-refractivity contribution < 1.29 is 14.3 Å². The molecule has 7 heteroatoms. The zero-order valence-electron chi connectivity index (χ0n) is 17.0. The molecule has 28 heavy (non-hydrogen) atoms. The van der Waals surface area contributed by atoms with Gasteiger partial charge in [0.25, 0.3) is 0 Å². The molecule has 6 nitrogen and oxygen atoms in total. The van der Waals surface area contributed by atoms with Crippen LogP contribution in [0.5, 0.6) is 0 Å².